The molecule has 0 fully saturated rings. The number of methoxy groups -OCH3 is 1. The van der Waals surface area contributed by atoms with Gasteiger partial charge >= 0.3 is 5.97 Å². The van der Waals surface area contributed by atoms with Crippen molar-refractivity contribution in [1.82, 2.24) is 4.98 Å². The fourth-order valence-corrected chi connectivity index (χ4v) is 2.08. The van der Waals surface area contributed by atoms with Crippen molar-refractivity contribution in [3.8, 4) is 11.3 Å². The second-order valence-electron chi connectivity index (χ2n) is 3.39. The van der Waals surface area contributed by atoms with Gasteiger partial charge in [-0.2, -0.15) is 0 Å². The van der Waals surface area contributed by atoms with Crippen LogP contribution in [0.2, 0.25) is 10.0 Å². The molecular weight excluding hydrogens is 261 g/mol. The van der Waals surface area contributed by atoms with Crippen LogP contribution in [0.1, 0.15) is 10.4 Å². The SMILES string of the molecule is COC(=O)c1cc(-c2ccc[nH]2)c(Cl)cc1Cl. The molecule has 0 unspecified atom stereocenters. The lowest BCUT2D eigenvalue weighted by Gasteiger charge is -2.07. The predicted octanol–water partition coefficient (Wildman–Crippen LogP) is 3.78. The van der Waals surface area contributed by atoms with Crippen LogP contribution in [0.15, 0.2) is 30.5 Å². The summed E-state index contributed by atoms with van der Waals surface area (Å²) >= 11 is 12.0. The van der Waals surface area contributed by atoms with Gasteiger partial charge in [0.2, 0.25) is 0 Å². The van der Waals surface area contributed by atoms with Crippen molar-refractivity contribution in [3.63, 3.8) is 0 Å². The van der Waals surface area contributed by atoms with Crippen LogP contribution in [0.3, 0.4) is 0 Å². The Bertz CT molecular complexity index is 550. The Balaban J connectivity index is 2.58. The maximum Gasteiger partial charge on any atom is 0.339 e. The molecule has 5 heteroatoms. The fraction of sp³-hybridized carbons (Fsp3) is 0.0833. The third kappa shape index (κ3) is 2.30. The zero-order valence-electron chi connectivity index (χ0n) is 8.96. The zero-order chi connectivity index (χ0) is 12.4. The smallest absolute Gasteiger partial charge is 0.339 e. The normalized spacial score (nSPS) is 10.3. The number of nitrogens with one attached hydrogen (secondary N) is 1. The lowest BCUT2D eigenvalue weighted by atomic mass is 10.1. The van der Waals surface area contributed by atoms with E-state index < -0.39 is 5.97 Å². The van der Waals surface area contributed by atoms with Gasteiger partial charge in [-0.15, -0.1) is 0 Å². The van der Waals surface area contributed by atoms with Gasteiger partial charge in [-0.05, 0) is 24.3 Å². The molecule has 88 valence electrons. The van der Waals surface area contributed by atoms with Crippen LogP contribution >= 0.6 is 23.2 Å². The molecule has 0 amide bonds. The molecule has 2 aromatic rings. The molecule has 1 aromatic carbocycles. The standard InChI is InChI=1S/C12H9Cl2NO2/c1-17-12(16)8-5-7(9(13)6-10(8)14)11-3-2-4-15-11/h2-6,15H,1H3. The zero-order valence-corrected chi connectivity index (χ0v) is 10.5. The second kappa shape index (κ2) is 4.82. The molecule has 1 aromatic heterocycles. The van der Waals surface area contributed by atoms with Gasteiger partial charge in [0.1, 0.15) is 0 Å². The van der Waals surface area contributed by atoms with Gasteiger partial charge in [0, 0.05) is 17.5 Å². The van der Waals surface area contributed by atoms with E-state index in [1.807, 2.05) is 12.1 Å². The third-order valence-electron chi connectivity index (χ3n) is 2.35. The Hall–Kier alpha value is -1.45. The first-order chi connectivity index (χ1) is 8.13. The van der Waals surface area contributed by atoms with Crippen molar-refractivity contribution in [2.24, 2.45) is 0 Å². The Morgan fingerprint density at radius 3 is 2.65 bits per heavy atom. The van der Waals surface area contributed by atoms with Gasteiger partial charge in [-0.1, -0.05) is 23.2 Å². The monoisotopic (exact) mass is 269 g/mol. The van der Waals surface area contributed by atoms with E-state index in [4.69, 9.17) is 23.2 Å². The van der Waals surface area contributed by atoms with Crippen LogP contribution in [0.5, 0.6) is 0 Å². The lowest BCUT2D eigenvalue weighted by molar-refractivity contribution is 0.0601. The average Bonchev–Trinajstić information content (AvgIpc) is 2.81. The van der Waals surface area contributed by atoms with Crippen molar-refractivity contribution in [2.75, 3.05) is 7.11 Å². The van der Waals surface area contributed by atoms with Crippen molar-refractivity contribution < 1.29 is 9.53 Å². The van der Waals surface area contributed by atoms with Crippen LogP contribution in [0.4, 0.5) is 0 Å². The summed E-state index contributed by atoms with van der Waals surface area (Å²) in [6.07, 6.45) is 1.78. The van der Waals surface area contributed by atoms with Gasteiger partial charge in [-0.25, -0.2) is 4.79 Å². The number of hydrogen-bond acceptors (Lipinski definition) is 2. The molecule has 0 aliphatic heterocycles. The minimum atomic E-state index is -0.487. The summed E-state index contributed by atoms with van der Waals surface area (Å²) in [5.74, 6) is -0.487. The highest BCUT2D eigenvalue weighted by Crippen LogP contribution is 2.32. The Labute approximate surface area is 108 Å². The highest BCUT2D eigenvalue weighted by atomic mass is 35.5. The summed E-state index contributed by atoms with van der Waals surface area (Å²) < 4.78 is 4.65. The first-order valence-corrected chi connectivity index (χ1v) is 5.60. The number of carbonyl (C=O) groups excluding carboxylic acids is 1. The fourth-order valence-electron chi connectivity index (χ4n) is 1.52. The van der Waals surface area contributed by atoms with E-state index in [2.05, 4.69) is 9.72 Å². The van der Waals surface area contributed by atoms with Gasteiger partial charge in [0.25, 0.3) is 0 Å². The molecule has 0 radical (unpaired) electrons. The molecule has 1 heterocycles. The summed E-state index contributed by atoms with van der Waals surface area (Å²) in [6, 6.07) is 6.85. The quantitative estimate of drug-likeness (QED) is 0.844. The van der Waals surface area contributed by atoms with Crippen LogP contribution in [-0.4, -0.2) is 18.1 Å². The number of aromatic nitrogens is 1. The molecule has 1 N–H and O–H groups in total. The number of ether oxygens (including phenoxy) is 1. The van der Waals surface area contributed by atoms with Crippen molar-refractivity contribution in [2.45, 2.75) is 0 Å². The molecule has 0 aliphatic carbocycles. The van der Waals surface area contributed by atoms with Crippen molar-refractivity contribution in [3.05, 3.63) is 46.1 Å². The lowest BCUT2D eigenvalue weighted by Crippen LogP contribution is -2.02. The van der Waals surface area contributed by atoms with E-state index in [9.17, 15) is 4.79 Å². The number of benzene rings is 1. The van der Waals surface area contributed by atoms with E-state index in [1.165, 1.54) is 13.2 Å². The number of esters is 1. The number of halogens is 2. The Kier molecular flexibility index (Phi) is 3.41. The summed E-state index contributed by atoms with van der Waals surface area (Å²) in [5.41, 5.74) is 1.82. The summed E-state index contributed by atoms with van der Waals surface area (Å²) in [7, 11) is 1.31. The predicted molar refractivity (Wildman–Crippen MR) is 67.6 cm³/mol. The molecule has 0 aliphatic rings. The highest BCUT2D eigenvalue weighted by molar-refractivity contribution is 6.38. The number of carbonyl (C=O) groups is 1. The summed E-state index contributed by atoms with van der Waals surface area (Å²) in [4.78, 5) is 14.5. The average molecular weight is 270 g/mol. The molecule has 0 atom stereocenters. The van der Waals surface area contributed by atoms with Gasteiger partial charge in [-0.3, -0.25) is 0 Å². The number of H-pyrrole nitrogens is 1. The highest BCUT2D eigenvalue weighted by Gasteiger charge is 2.15. The largest absolute Gasteiger partial charge is 0.465 e. The molecule has 0 bridgehead atoms. The minimum absolute atomic E-state index is 0.275. The first-order valence-electron chi connectivity index (χ1n) is 4.84. The number of rotatable bonds is 2. The first kappa shape index (κ1) is 12.0. The van der Waals surface area contributed by atoms with Crippen molar-refractivity contribution >= 4 is 29.2 Å². The Morgan fingerprint density at radius 2 is 2.06 bits per heavy atom. The van der Waals surface area contributed by atoms with Crippen LogP contribution < -0.4 is 0 Å². The van der Waals surface area contributed by atoms with E-state index in [1.54, 1.807) is 12.3 Å². The summed E-state index contributed by atoms with van der Waals surface area (Å²) in [5, 5.41) is 0.752. The van der Waals surface area contributed by atoms with E-state index in [-0.39, 0.29) is 5.02 Å². The van der Waals surface area contributed by atoms with E-state index >= 15 is 0 Å². The molecule has 2 rings (SSSR count). The van der Waals surface area contributed by atoms with E-state index in [0.717, 1.165) is 5.69 Å². The topological polar surface area (TPSA) is 42.1 Å². The van der Waals surface area contributed by atoms with Gasteiger partial charge in [0.05, 0.1) is 22.7 Å². The second-order valence-corrected chi connectivity index (χ2v) is 4.20. The molecule has 3 nitrogen and oxygen atoms in total. The molecule has 0 spiro atoms. The summed E-state index contributed by atoms with van der Waals surface area (Å²) in [6.45, 7) is 0. The minimum Gasteiger partial charge on any atom is -0.465 e. The van der Waals surface area contributed by atoms with Crippen molar-refractivity contribution in [1.29, 1.82) is 0 Å². The third-order valence-corrected chi connectivity index (χ3v) is 2.98. The Morgan fingerprint density at radius 1 is 1.29 bits per heavy atom. The maximum atomic E-state index is 11.5. The van der Waals surface area contributed by atoms with Gasteiger partial charge in [0.15, 0.2) is 0 Å². The molecule has 17 heavy (non-hydrogen) atoms. The van der Waals surface area contributed by atoms with Crippen LogP contribution in [0, 0.1) is 0 Å². The number of aromatic amines is 1. The molecule has 0 saturated heterocycles. The van der Waals surface area contributed by atoms with E-state index in [0.29, 0.717) is 16.1 Å². The van der Waals surface area contributed by atoms with Gasteiger partial charge < -0.3 is 9.72 Å². The maximum absolute atomic E-state index is 11.5. The van der Waals surface area contributed by atoms with Crippen LogP contribution in [-0.2, 0) is 4.74 Å². The van der Waals surface area contributed by atoms with Crippen LogP contribution in [0.25, 0.3) is 11.3 Å². The molecule has 0 saturated carbocycles. The number of hydrogen-bond donors (Lipinski definition) is 1. The molecular formula is C12H9Cl2NO2.